The minimum atomic E-state index is -3.76. The Morgan fingerprint density at radius 3 is 2.38 bits per heavy atom. The van der Waals surface area contributed by atoms with Crippen molar-refractivity contribution in [3.8, 4) is 5.75 Å². The van der Waals surface area contributed by atoms with Crippen LogP contribution in [0, 0.1) is 5.92 Å². The van der Waals surface area contributed by atoms with E-state index < -0.39 is 9.84 Å². The quantitative estimate of drug-likeness (QED) is 0.763. The topological polar surface area (TPSA) is 72.6 Å². The molecule has 0 atom stereocenters. The molecule has 0 radical (unpaired) electrons. The van der Waals surface area contributed by atoms with E-state index in [1.165, 1.54) is 0 Å². The summed E-state index contributed by atoms with van der Waals surface area (Å²) in [6.07, 6.45) is 3.83. The highest BCUT2D eigenvalue weighted by molar-refractivity contribution is 7.91. The Kier molecular flexibility index (Phi) is 5.55. The van der Waals surface area contributed by atoms with Gasteiger partial charge in [-0.2, -0.15) is 4.98 Å². The maximum atomic E-state index is 13.2. The Morgan fingerprint density at radius 1 is 1.15 bits per heavy atom. The number of nitrogens with zero attached hydrogens (tertiary/aromatic N) is 2. The van der Waals surface area contributed by atoms with E-state index in [-0.39, 0.29) is 9.92 Å². The van der Waals surface area contributed by atoms with Crippen molar-refractivity contribution in [2.75, 3.05) is 25.1 Å². The van der Waals surface area contributed by atoms with E-state index in [9.17, 15) is 8.42 Å². The van der Waals surface area contributed by atoms with Crippen LogP contribution in [0.5, 0.6) is 5.75 Å². The van der Waals surface area contributed by atoms with E-state index in [2.05, 4.69) is 18.8 Å². The summed E-state index contributed by atoms with van der Waals surface area (Å²) in [6.45, 7) is 5.70. The average molecular weight is 378 g/mol. The van der Waals surface area contributed by atoms with Crippen LogP contribution >= 0.6 is 0 Å². The maximum Gasteiger partial charge on any atom is 0.236 e. The third-order valence-electron chi connectivity index (χ3n) is 4.47. The highest BCUT2D eigenvalue weighted by atomic mass is 32.2. The fourth-order valence-electron chi connectivity index (χ4n) is 3.11. The molecule has 1 aliphatic heterocycles. The molecule has 26 heavy (non-hydrogen) atoms. The third-order valence-corrected chi connectivity index (χ3v) is 6.14. The van der Waals surface area contributed by atoms with Crippen molar-refractivity contribution in [2.24, 2.45) is 5.92 Å². The number of benzene rings is 1. The number of anilines is 1. The lowest BCUT2D eigenvalue weighted by atomic mass is 10.1. The van der Waals surface area contributed by atoms with Crippen LogP contribution in [0.4, 0.5) is 5.88 Å². The molecule has 1 aromatic carbocycles. The molecule has 0 spiro atoms. The Labute approximate surface area is 155 Å². The summed E-state index contributed by atoms with van der Waals surface area (Å²) in [5.41, 5.74) is 0. The fraction of sp³-hybridized carbons (Fsp3) is 0.526. The standard InChI is InChI=1S/C19H26N2O4S/c1-14(2)13-17-20-18(19(25-17)21-11-5-4-6-12-21)26(22,23)16-9-7-15(24-3)8-10-16/h7-10,14H,4-6,11-13H2,1-3H3. The average Bonchev–Trinajstić information content (AvgIpc) is 3.06. The second-order valence-corrected chi connectivity index (χ2v) is 8.91. The van der Waals surface area contributed by atoms with Gasteiger partial charge < -0.3 is 14.1 Å². The van der Waals surface area contributed by atoms with Gasteiger partial charge in [-0.1, -0.05) is 13.8 Å². The van der Waals surface area contributed by atoms with E-state index in [0.29, 0.717) is 29.9 Å². The monoisotopic (exact) mass is 378 g/mol. The minimum Gasteiger partial charge on any atom is -0.497 e. The first-order chi connectivity index (χ1) is 12.4. The van der Waals surface area contributed by atoms with Gasteiger partial charge in [0.25, 0.3) is 0 Å². The number of rotatable bonds is 6. The van der Waals surface area contributed by atoms with Gasteiger partial charge >= 0.3 is 0 Å². The van der Waals surface area contributed by atoms with E-state index in [0.717, 1.165) is 32.4 Å². The van der Waals surface area contributed by atoms with E-state index in [4.69, 9.17) is 9.15 Å². The van der Waals surface area contributed by atoms with E-state index in [1.807, 2.05) is 4.90 Å². The first-order valence-corrected chi connectivity index (χ1v) is 10.5. The molecule has 2 heterocycles. The van der Waals surface area contributed by atoms with Gasteiger partial charge in [0.15, 0.2) is 5.89 Å². The molecular formula is C19H26N2O4S. The number of ether oxygens (including phenoxy) is 1. The van der Waals surface area contributed by atoms with Crippen molar-refractivity contribution in [1.82, 2.24) is 4.98 Å². The Hall–Kier alpha value is -2.02. The van der Waals surface area contributed by atoms with Crippen LogP contribution in [-0.4, -0.2) is 33.6 Å². The van der Waals surface area contributed by atoms with Crippen molar-refractivity contribution in [2.45, 2.75) is 49.5 Å². The lowest BCUT2D eigenvalue weighted by Gasteiger charge is -2.26. The summed E-state index contributed by atoms with van der Waals surface area (Å²) in [7, 11) is -2.21. The number of hydrogen-bond donors (Lipinski definition) is 0. The molecule has 0 bridgehead atoms. The van der Waals surface area contributed by atoms with Gasteiger partial charge in [-0.3, -0.25) is 0 Å². The largest absolute Gasteiger partial charge is 0.497 e. The summed E-state index contributed by atoms with van der Waals surface area (Å²) < 4.78 is 37.5. The van der Waals surface area contributed by atoms with Crippen molar-refractivity contribution < 1.29 is 17.6 Å². The Bertz CT molecular complexity index is 835. The molecule has 0 unspecified atom stereocenters. The number of hydrogen-bond acceptors (Lipinski definition) is 6. The fourth-order valence-corrected chi connectivity index (χ4v) is 4.45. The zero-order valence-corrected chi connectivity index (χ0v) is 16.4. The van der Waals surface area contributed by atoms with Gasteiger partial charge in [0.2, 0.25) is 20.7 Å². The normalized spacial score (nSPS) is 15.5. The molecule has 3 rings (SSSR count). The number of methoxy groups -OCH3 is 1. The molecule has 142 valence electrons. The van der Waals surface area contributed by atoms with E-state index >= 15 is 0 Å². The number of oxazole rings is 1. The molecule has 1 fully saturated rings. The highest BCUT2D eigenvalue weighted by Gasteiger charge is 2.31. The minimum absolute atomic E-state index is 0.0280. The SMILES string of the molecule is COc1ccc(S(=O)(=O)c2nc(CC(C)C)oc2N2CCCCC2)cc1. The first kappa shape index (κ1) is 18.8. The summed E-state index contributed by atoms with van der Waals surface area (Å²) in [6, 6.07) is 6.38. The molecule has 1 aromatic heterocycles. The summed E-state index contributed by atoms with van der Waals surface area (Å²) in [5.74, 6) is 1.81. The second kappa shape index (κ2) is 7.70. The van der Waals surface area contributed by atoms with Crippen LogP contribution in [0.15, 0.2) is 38.6 Å². The van der Waals surface area contributed by atoms with Crippen LogP contribution in [0.2, 0.25) is 0 Å². The van der Waals surface area contributed by atoms with Crippen molar-refractivity contribution in [3.05, 3.63) is 30.2 Å². The predicted octanol–water partition coefficient (Wildman–Crippen LogP) is 3.70. The van der Waals surface area contributed by atoms with Crippen molar-refractivity contribution in [3.63, 3.8) is 0 Å². The third kappa shape index (κ3) is 3.87. The van der Waals surface area contributed by atoms with Crippen LogP contribution < -0.4 is 9.64 Å². The molecular weight excluding hydrogens is 352 g/mol. The molecule has 0 aliphatic carbocycles. The van der Waals surface area contributed by atoms with Gasteiger partial charge in [0.1, 0.15) is 5.75 Å². The zero-order chi connectivity index (χ0) is 18.7. The number of piperidine rings is 1. The highest BCUT2D eigenvalue weighted by Crippen LogP contribution is 2.33. The molecule has 0 N–H and O–H groups in total. The summed E-state index contributed by atoms with van der Waals surface area (Å²) in [5, 5.41) is 0.0280. The zero-order valence-electron chi connectivity index (χ0n) is 15.6. The first-order valence-electron chi connectivity index (χ1n) is 9.05. The van der Waals surface area contributed by atoms with Gasteiger partial charge in [-0.25, -0.2) is 8.42 Å². The maximum absolute atomic E-state index is 13.2. The Morgan fingerprint density at radius 2 is 1.81 bits per heavy atom. The van der Waals surface area contributed by atoms with Gasteiger partial charge in [0, 0.05) is 19.5 Å². The van der Waals surface area contributed by atoms with Crippen LogP contribution in [-0.2, 0) is 16.3 Å². The van der Waals surface area contributed by atoms with Gasteiger partial charge in [0.05, 0.1) is 12.0 Å². The van der Waals surface area contributed by atoms with Crippen LogP contribution in [0.1, 0.15) is 39.0 Å². The van der Waals surface area contributed by atoms with Crippen molar-refractivity contribution >= 4 is 15.7 Å². The number of aromatic nitrogens is 1. The van der Waals surface area contributed by atoms with Crippen LogP contribution in [0.25, 0.3) is 0 Å². The molecule has 6 nitrogen and oxygen atoms in total. The second-order valence-electron chi connectivity index (χ2n) is 7.04. The molecule has 0 saturated carbocycles. The molecule has 1 saturated heterocycles. The predicted molar refractivity (Wildman–Crippen MR) is 99.6 cm³/mol. The molecule has 2 aromatic rings. The lowest BCUT2D eigenvalue weighted by Crippen LogP contribution is -2.30. The summed E-state index contributed by atoms with van der Waals surface area (Å²) in [4.78, 5) is 6.59. The van der Waals surface area contributed by atoms with Gasteiger partial charge in [-0.05, 0) is 49.4 Å². The van der Waals surface area contributed by atoms with Gasteiger partial charge in [-0.15, -0.1) is 0 Å². The lowest BCUT2D eigenvalue weighted by molar-refractivity contribution is 0.414. The molecule has 1 aliphatic rings. The van der Waals surface area contributed by atoms with Crippen molar-refractivity contribution in [1.29, 1.82) is 0 Å². The summed E-state index contributed by atoms with van der Waals surface area (Å²) >= 11 is 0. The van der Waals surface area contributed by atoms with E-state index in [1.54, 1.807) is 31.4 Å². The van der Waals surface area contributed by atoms with Crippen LogP contribution in [0.3, 0.4) is 0 Å². The Balaban J connectivity index is 2.03. The number of sulfone groups is 1. The smallest absolute Gasteiger partial charge is 0.236 e. The molecule has 0 amide bonds. The molecule has 7 heteroatoms.